The third-order valence-electron chi connectivity index (χ3n) is 4.74. The number of benzene rings is 2. The van der Waals surface area contributed by atoms with Crippen molar-refractivity contribution in [3.05, 3.63) is 58.7 Å². The first-order chi connectivity index (χ1) is 13.5. The van der Waals surface area contributed by atoms with E-state index in [1.54, 1.807) is 20.3 Å². The maximum Gasteiger partial charge on any atom is 0.189 e. The summed E-state index contributed by atoms with van der Waals surface area (Å²) < 4.78 is 16.5. The van der Waals surface area contributed by atoms with E-state index in [0.29, 0.717) is 30.1 Å². The zero-order valence-electron chi connectivity index (χ0n) is 17.0. The summed E-state index contributed by atoms with van der Waals surface area (Å²) >= 11 is 0. The fraction of sp³-hybridized carbons (Fsp3) is 0.348. The van der Waals surface area contributed by atoms with Gasteiger partial charge in [-0.3, -0.25) is 4.79 Å². The number of hydrogen-bond acceptors (Lipinski definition) is 5. The molecule has 0 aliphatic heterocycles. The molecule has 3 rings (SSSR count). The van der Waals surface area contributed by atoms with E-state index < -0.39 is 0 Å². The van der Waals surface area contributed by atoms with Crippen LogP contribution in [0.15, 0.2) is 42.0 Å². The Morgan fingerprint density at radius 1 is 1.07 bits per heavy atom. The van der Waals surface area contributed by atoms with Crippen molar-refractivity contribution in [3.8, 4) is 17.2 Å². The Hall–Kier alpha value is -2.79. The van der Waals surface area contributed by atoms with Gasteiger partial charge in [0.1, 0.15) is 5.75 Å². The molecule has 0 heterocycles. The van der Waals surface area contributed by atoms with Crippen molar-refractivity contribution in [1.29, 1.82) is 0 Å². The quantitative estimate of drug-likeness (QED) is 0.513. The summed E-state index contributed by atoms with van der Waals surface area (Å²) in [6.45, 7) is 1.66. The number of rotatable bonds is 8. The Morgan fingerprint density at radius 3 is 2.54 bits per heavy atom. The van der Waals surface area contributed by atoms with E-state index in [0.717, 1.165) is 35.4 Å². The van der Waals surface area contributed by atoms with Gasteiger partial charge in [-0.1, -0.05) is 12.1 Å². The van der Waals surface area contributed by atoms with E-state index in [1.807, 2.05) is 36.4 Å². The number of carbonyl (C=O) groups is 1. The summed E-state index contributed by atoms with van der Waals surface area (Å²) in [5.41, 5.74) is 3.36. The largest absolute Gasteiger partial charge is 0.494 e. The topological polar surface area (TPSA) is 48.0 Å². The summed E-state index contributed by atoms with van der Waals surface area (Å²) in [6.07, 6.45) is 3.49. The molecule has 0 spiro atoms. The second-order valence-electron chi connectivity index (χ2n) is 7.12. The molecule has 0 saturated heterocycles. The van der Waals surface area contributed by atoms with Gasteiger partial charge in [0.25, 0.3) is 0 Å². The molecule has 2 aromatic rings. The molecule has 0 unspecified atom stereocenters. The molecule has 0 amide bonds. The van der Waals surface area contributed by atoms with Crippen LogP contribution in [-0.2, 0) is 6.42 Å². The van der Waals surface area contributed by atoms with Crippen molar-refractivity contribution in [1.82, 2.24) is 4.90 Å². The molecule has 1 aliphatic rings. The number of carbonyl (C=O) groups excluding carboxylic acids is 1. The van der Waals surface area contributed by atoms with E-state index in [4.69, 9.17) is 14.2 Å². The van der Waals surface area contributed by atoms with Crippen molar-refractivity contribution >= 4 is 11.9 Å². The zero-order valence-corrected chi connectivity index (χ0v) is 17.0. The zero-order chi connectivity index (χ0) is 20.1. The van der Waals surface area contributed by atoms with Crippen LogP contribution in [0.2, 0.25) is 0 Å². The predicted molar refractivity (Wildman–Crippen MR) is 111 cm³/mol. The molecule has 5 heteroatoms. The van der Waals surface area contributed by atoms with Crippen molar-refractivity contribution in [3.63, 3.8) is 0 Å². The van der Waals surface area contributed by atoms with Gasteiger partial charge in [-0.2, -0.15) is 0 Å². The third kappa shape index (κ3) is 4.54. The van der Waals surface area contributed by atoms with E-state index in [-0.39, 0.29) is 5.78 Å². The smallest absolute Gasteiger partial charge is 0.189 e. The highest BCUT2D eigenvalue weighted by Crippen LogP contribution is 2.37. The number of fused-ring (bicyclic) bond motifs is 1. The number of methoxy groups -OCH3 is 2. The number of ether oxygens (including phenoxy) is 3. The van der Waals surface area contributed by atoms with Crippen molar-refractivity contribution < 1.29 is 19.0 Å². The summed E-state index contributed by atoms with van der Waals surface area (Å²) in [7, 11) is 7.27. The highest BCUT2D eigenvalue weighted by atomic mass is 16.5. The van der Waals surface area contributed by atoms with Crippen molar-refractivity contribution in [2.75, 3.05) is 41.5 Å². The Morgan fingerprint density at radius 2 is 1.82 bits per heavy atom. The van der Waals surface area contributed by atoms with Gasteiger partial charge in [0.2, 0.25) is 0 Å². The molecule has 0 atom stereocenters. The lowest BCUT2D eigenvalue weighted by Gasteiger charge is -2.10. The monoisotopic (exact) mass is 381 g/mol. The minimum absolute atomic E-state index is 0.0354. The SMILES string of the molecule is COc1cc2c(cc1OC)C(=O)/C(=C/c1cccc(OCCCN(C)C)c1)C2. The highest BCUT2D eigenvalue weighted by Gasteiger charge is 2.27. The number of nitrogens with zero attached hydrogens (tertiary/aromatic N) is 1. The Labute approximate surface area is 166 Å². The van der Waals surface area contributed by atoms with Crippen LogP contribution in [0.25, 0.3) is 6.08 Å². The van der Waals surface area contributed by atoms with Gasteiger partial charge < -0.3 is 19.1 Å². The van der Waals surface area contributed by atoms with Gasteiger partial charge in [-0.05, 0) is 62.0 Å². The lowest BCUT2D eigenvalue weighted by atomic mass is 10.1. The Bertz CT molecular complexity index is 886. The molecule has 148 valence electrons. The minimum atomic E-state index is 0.0354. The number of ketones is 1. The highest BCUT2D eigenvalue weighted by molar-refractivity contribution is 6.15. The predicted octanol–water partition coefficient (Wildman–Crippen LogP) is 3.86. The Balaban J connectivity index is 1.75. The van der Waals surface area contributed by atoms with Crippen molar-refractivity contribution in [2.45, 2.75) is 12.8 Å². The van der Waals surface area contributed by atoms with Gasteiger partial charge in [0.15, 0.2) is 17.3 Å². The van der Waals surface area contributed by atoms with Gasteiger partial charge in [-0.15, -0.1) is 0 Å². The van der Waals surface area contributed by atoms with E-state index >= 15 is 0 Å². The summed E-state index contributed by atoms with van der Waals surface area (Å²) in [5, 5.41) is 0. The minimum Gasteiger partial charge on any atom is -0.494 e. The fourth-order valence-electron chi connectivity index (χ4n) is 3.32. The van der Waals surface area contributed by atoms with Gasteiger partial charge in [-0.25, -0.2) is 0 Å². The van der Waals surface area contributed by atoms with Crippen LogP contribution in [0, 0.1) is 0 Å². The van der Waals surface area contributed by atoms with E-state index in [1.165, 1.54) is 0 Å². The summed E-state index contributed by atoms with van der Waals surface area (Å²) in [6, 6.07) is 11.5. The molecule has 2 aromatic carbocycles. The molecule has 0 radical (unpaired) electrons. The molecule has 28 heavy (non-hydrogen) atoms. The van der Waals surface area contributed by atoms with Crippen LogP contribution in [-0.4, -0.2) is 52.1 Å². The van der Waals surface area contributed by atoms with Crippen LogP contribution < -0.4 is 14.2 Å². The van der Waals surface area contributed by atoms with E-state index in [2.05, 4.69) is 19.0 Å². The van der Waals surface area contributed by atoms with Crippen LogP contribution in [0.1, 0.15) is 27.9 Å². The molecule has 0 aromatic heterocycles. The molecule has 0 N–H and O–H groups in total. The van der Waals surface area contributed by atoms with Crippen molar-refractivity contribution in [2.24, 2.45) is 0 Å². The first kappa shape index (κ1) is 20.0. The standard InChI is InChI=1S/C23H27NO4/c1-24(2)9-6-10-28-19-8-5-7-16(12-19)11-18-13-17-14-21(26-3)22(27-4)15-20(17)23(18)25/h5,7-8,11-12,14-15H,6,9-10,13H2,1-4H3/b18-11+. The second kappa shape index (κ2) is 8.93. The molecule has 0 bridgehead atoms. The Kier molecular flexibility index (Phi) is 6.37. The first-order valence-electron chi connectivity index (χ1n) is 9.39. The van der Waals surface area contributed by atoms with Gasteiger partial charge in [0, 0.05) is 24.1 Å². The number of allylic oxidation sites excluding steroid dienone is 1. The molecule has 0 saturated carbocycles. The lowest BCUT2D eigenvalue weighted by molar-refractivity contribution is 0.104. The maximum atomic E-state index is 12.8. The first-order valence-corrected chi connectivity index (χ1v) is 9.39. The lowest BCUT2D eigenvalue weighted by Crippen LogP contribution is -2.15. The molecular formula is C23H27NO4. The fourth-order valence-corrected chi connectivity index (χ4v) is 3.32. The molecule has 5 nitrogen and oxygen atoms in total. The van der Waals surface area contributed by atoms with Gasteiger partial charge in [0.05, 0.1) is 20.8 Å². The van der Waals surface area contributed by atoms with Crippen LogP contribution in [0.5, 0.6) is 17.2 Å². The van der Waals surface area contributed by atoms with Gasteiger partial charge >= 0.3 is 0 Å². The molecular weight excluding hydrogens is 354 g/mol. The summed E-state index contributed by atoms with van der Waals surface area (Å²) in [5.74, 6) is 2.07. The normalized spacial score (nSPS) is 14.5. The van der Waals surface area contributed by atoms with Crippen LogP contribution in [0.4, 0.5) is 0 Å². The second-order valence-corrected chi connectivity index (χ2v) is 7.12. The third-order valence-corrected chi connectivity index (χ3v) is 4.74. The average Bonchev–Trinajstić information content (AvgIpc) is 2.99. The van der Waals surface area contributed by atoms with Crippen LogP contribution >= 0.6 is 0 Å². The van der Waals surface area contributed by atoms with E-state index in [9.17, 15) is 4.79 Å². The molecule has 1 aliphatic carbocycles. The van der Waals surface area contributed by atoms with Crippen LogP contribution in [0.3, 0.4) is 0 Å². The number of Topliss-reactive ketones (excluding diaryl/α,β-unsaturated/α-hetero) is 1. The average molecular weight is 381 g/mol. The number of hydrogen-bond donors (Lipinski definition) is 0. The summed E-state index contributed by atoms with van der Waals surface area (Å²) in [4.78, 5) is 15.0. The molecule has 0 fully saturated rings. The maximum absolute atomic E-state index is 12.8.